The van der Waals surface area contributed by atoms with E-state index < -0.39 is 0 Å². The highest BCUT2D eigenvalue weighted by molar-refractivity contribution is 5.49. The molecule has 1 fully saturated rings. The van der Waals surface area contributed by atoms with Crippen LogP contribution in [0.1, 0.15) is 38.5 Å². The van der Waals surface area contributed by atoms with E-state index in [9.17, 15) is 4.79 Å². The molecule has 1 rings (SSSR count). The second-order valence-electron chi connectivity index (χ2n) is 3.09. The first-order valence-electron chi connectivity index (χ1n) is 4.48. The zero-order valence-corrected chi connectivity index (χ0v) is 6.92. The topological polar surface area (TPSA) is 26.3 Å². The van der Waals surface area contributed by atoms with E-state index in [0.29, 0.717) is 19.1 Å². The highest BCUT2D eigenvalue weighted by atomic mass is 16.5. The predicted molar refractivity (Wildman–Crippen MR) is 43.5 cm³/mol. The number of rotatable bonds is 4. The third kappa shape index (κ3) is 3.51. The fourth-order valence-electron chi connectivity index (χ4n) is 1.51. The average Bonchev–Trinajstić information content (AvgIpc) is 2.07. The van der Waals surface area contributed by atoms with Crippen molar-refractivity contribution in [2.45, 2.75) is 44.6 Å². The molecule has 2 heteroatoms. The molecule has 0 aliphatic heterocycles. The number of hydrogen-bond donors (Lipinski definition) is 0. The molecule has 0 heterocycles. The van der Waals surface area contributed by atoms with Gasteiger partial charge in [-0.25, -0.2) is 0 Å². The van der Waals surface area contributed by atoms with Crippen molar-refractivity contribution >= 4 is 6.29 Å². The lowest BCUT2D eigenvalue weighted by Crippen LogP contribution is -2.17. The fraction of sp³-hybridized carbons (Fsp3) is 0.889. The van der Waals surface area contributed by atoms with Gasteiger partial charge >= 0.3 is 0 Å². The fourth-order valence-corrected chi connectivity index (χ4v) is 1.51. The summed E-state index contributed by atoms with van der Waals surface area (Å²) < 4.78 is 5.49. The summed E-state index contributed by atoms with van der Waals surface area (Å²) in [5.74, 6) is 0. The Hall–Kier alpha value is -0.370. The van der Waals surface area contributed by atoms with Crippen LogP contribution in [-0.2, 0) is 9.53 Å². The second-order valence-corrected chi connectivity index (χ2v) is 3.09. The quantitative estimate of drug-likeness (QED) is 0.459. The highest BCUT2D eigenvalue weighted by Gasteiger charge is 2.12. The summed E-state index contributed by atoms with van der Waals surface area (Å²) in [4.78, 5) is 9.97. The SMILES string of the molecule is O=CCCOC1CCCCC1. The van der Waals surface area contributed by atoms with Crippen LogP contribution >= 0.6 is 0 Å². The normalized spacial score (nSPS) is 20.0. The molecule has 0 aromatic heterocycles. The molecule has 0 atom stereocenters. The number of carbonyl (C=O) groups excluding carboxylic acids is 1. The van der Waals surface area contributed by atoms with Crippen molar-refractivity contribution in [3.63, 3.8) is 0 Å². The molecule has 11 heavy (non-hydrogen) atoms. The number of aldehydes is 1. The smallest absolute Gasteiger partial charge is 0.122 e. The van der Waals surface area contributed by atoms with Crippen LogP contribution in [0.4, 0.5) is 0 Å². The van der Waals surface area contributed by atoms with Gasteiger partial charge in [0.05, 0.1) is 12.7 Å². The van der Waals surface area contributed by atoms with E-state index in [2.05, 4.69) is 0 Å². The minimum absolute atomic E-state index is 0.448. The third-order valence-corrected chi connectivity index (χ3v) is 2.14. The lowest BCUT2D eigenvalue weighted by molar-refractivity contribution is -0.109. The summed E-state index contributed by atoms with van der Waals surface area (Å²) in [6, 6.07) is 0. The van der Waals surface area contributed by atoms with Gasteiger partial charge in [-0.1, -0.05) is 19.3 Å². The van der Waals surface area contributed by atoms with Gasteiger partial charge in [0.15, 0.2) is 0 Å². The maximum Gasteiger partial charge on any atom is 0.122 e. The van der Waals surface area contributed by atoms with Crippen molar-refractivity contribution < 1.29 is 9.53 Å². The van der Waals surface area contributed by atoms with Crippen molar-refractivity contribution in [1.29, 1.82) is 0 Å². The maximum absolute atomic E-state index is 9.97. The first-order chi connectivity index (χ1) is 5.43. The van der Waals surface area contributed by atoms with Gasteiger partial charge < -0.3 is 9.53 Å². The molecule has 1 aliphatic rings. The molecule has 2 nitrogen and oxygen atoms in total. The Kier molecular flexibility index (Phi) is 4.21. The Labute approximate surface area is 67.9 Å². The molecule has 0 radical (unpaired) electrons. The van der Waals surface area contributed by atoms with E-state index in [0.717, 1.165) is 6.29 Å². The molecule has 0 spiro atoms. The highest BCUT2D eigenvalue weighted by Crippen LogP contribution is 2.19. The van der Waals surface area contributed by atoms with Gasteiger partial charge in [0.2, 0.25) is 0 Å². The monoisotopic (exact) mass is 156 g/mol. The van der Waals surface area contributed by atoms with Gasteiger partial charge in [0.1, 0.15) is 6.29 Å². The molecule has 0 aromatic rings. The Bertz CT molecular complexity index is 106. The lowest BCUT2D eigenvalue weighted by atomic mass is 9.98. The standard InChI is InChI=1S/C9H16O2/c10-7-4-8-11-9-5-2-1-3-6-9/h7,9H,1-6,8H2. The van der Waals surface area contributed by atoms with Crippen LogP contribution in [0.5, 0.6) is 0 Å². The largest absolute Gasteiger partial charge is 0.378 e. The molecule has 0 unspecified atom stereocenters. The summed E-state index contributed by atoms with van der Waals surface area (Å²) in [6.45, 7) is 0.619. The van der Waals surface area contributed by atoms with Crippen LogP contribution < -0.4 is 0 Å². The van der Waals surface area contributed by atoms with Crippen molar-refractivity contribution in [2.24, 2.45) is 0 Å². The molecule has 64 valence electrons. The first-order valence-corrected chi connectivity index (χ1v) is 4.48. The molecule has 0 saturated heterocycles. The molecule has 0 aromatic carbocycles. The van der Waals surface area contributed by atoms with Gasteiger partial charge in [-0.3, -0.25) is 0 Å². The van der Waals surface area contributed by atoms with Crippen LogP contribution in [0.3, 0.4) is 0 Å². The summed E-state index contributed by atoms with van der Waals surface area (Å²) in [6.07, 6.45) is 8.26. The predicted octanol–water partition coefficient (Wildman–Crippen LogP) is 1.92. The van der Waals surface area contributed by atoms with Crippen LogP contribution in [0.2, 0.25) is 0 Å². The van der Waals surface area contributed by atoms with E-state index in [1.807, 2.05) is 0 Å². The Morgan fingerprint density at radius 2 is 2.00 bits per heavy atom. The zero-order valence-electron chi connectivity index (χ0n) is 6.92. The molecular formula is C9H16O2. The van der Waals surface area contributed by atoms with Gasteiger partial charge in [0, 0.05) is 6.42 Å². The molecular weight excluding hydrogens is 140 g/mol. The molecule has 1 saturated carbocycles. The summed E-state index contributed by atoms with van der Waals surface area (Å²) in [5, 5.41) is 0. The van der Waals surface area contributed by atoms with Crippen molar-refractivity contribution in [3.05, 3.63) is 0 Å². The van der Waals surface area contributed by atoms with Gasteiger partial charge in [-0.05, 0) is 12.8 Å². The van der Waals surface area contributed by atoms with Crippen LogP contribution in [0.25, 0.3) is 0 Å². The van der Waals surface area contributed by atoms with Gasteiger partial charge in [0.25, 0.3) is 0 Å². The van der Waals surface area contributed by atoms with Crippen molar-refractivity contribution in [1.82, 2.24) is 0 Å². The van der Waals surface area contributed by atoms with E-state index in [1.54, 1.807) is 0 Å². The lowest BCUT2D eigenvalue weighted by Gasteiger charge is -2.21. The molecule has 1 aliphatic carbocycles. The minimum Gasteiger partial charge on any atom is -0.378 e. The van der Waals surface area contributed by atoms with Gasteiger partial charge in [-0.15, -0.1) is 0 Å². The van der Waals surface area contributed by atoms with Crippen LogP contribution in [0, 0.1) is 0 Å². The summed E-state index contributed by atoms with van der Waals surface area (Å²) in [5.41, 5.74) is 0. The number of carbonyl (C=O) groups is 1. The molecule has 0 N–H and O–H groups in total. The van der Waals surface area contributed by atoms with Crippen LogP contribution in [0.15, 0.2) is 0 Å². The second kappa shape index (κ2) is 5.30. The molecule has 0 amide bonds. The van der Waals surface area contributed by atoms with E-state index >= 15 is 0 Å². The zero-order chi connectivity index (χ0) is 7.94. The van der Waals surface area contributed by atoms with Crippen LogP contribution in [-0.4, -0.2) is 19.0 Å². The van der Waals surface area contributed by atoms with Gasteiger partial charge in [-0.2, -0.15) is 0 Å². The van der Waals surface area contributed by atoms with E-state index in [-0.39, 0.29) is 0 Å². The van der Waals surface area contributed by atoms with Crippen molar-refractivity contribution in [3.8, 4) is 0 Å². The average molecular weight is 156 g/mol. The van der Waals surface area contributed by atoms with E-state index in [4.69, 9.17) is 4.74 Å². The number of ether oxygens (including phenoxy) is 1. The Morgan fingerprint density at radius 3 is 2.64 bits per heavy atom. The molecule has 0 bridgehead atoms. The minimum atomic E-state index is 0.448. The summed E-state index contributed by atoms with van der Waals surface area (Å²) >= 11 is 0. The summed E-state index contributed by atoms with van der Waals surface area (Å²) in [7, 11) is 0. The van der Waals surface area contributed by atoms with Crippen molar-refractivity contribution in [2.75, 3.05) is 6.61 Å². The maximum atomic E-state index is 9.97. The number of hydrogen-bond acceptors (Lipinski definition) is 2. The van der Waals surface area contributed by atoms with E-state index in [1.165, 1.54) is 32.1 Å². The first kappa shape index (κ1) is 8.72. The Morgan fingerprint density at radius 1 is 1.27 bits per heavy atom. The third-order valence-electron chi connectivity index (χ3n) is 2.14. The Balaban J connectivity index is 2.00.